The highest BCUT2D eigenvalue weighted by molar-refractivity contribution is 6.03. The van der Waals surface area contributed by atoms with Crippen molar-refractivity contribution in [3.63, 3.8) is 0 Å². The minimum Gasteiger partial charge on any atom is -0.493 e. The van der Waals surface area contributed by atoms with Gasteiger partial charge < -0.3 is 24.0 Å². The van der Waals surface area contributed by atoms with Crippen LogP contribution in [0.3, 0.4) is 0 Å². The quantitative estimate of drug-likeness (QED) is 0.0921. The fourth-order valence-electron chi connectivity index (χ4n) is 6.94. The van der Waals surface area contributed by atoms with E-state index in [4.69, 9.17) is 24.2 Å². The largest absolute Gasteiger partial charge is 0.493 e. The Morgan fingerprint density at radius 3 is 2.50 bits per heavy atom. The number of benzene rings is 3. The van der Waals surface area contributed by atoms with Gasteiger partial charge in [0.1, 0.15) is 5.75 Å². The molecule has 3 aliphatic heterocycles. The number of nitrogens with zero attached hydrogens (tertiary/aromatic N) is 5. The molecule has 1 aromatic heterocycles. The summed E-state index contributed by atoms with van der Waals surface area (Å²) < 4.78 is 18.0. The smallest absolute Gasteiger partial charge is 0.257 e. The molecule has 3 aliphatic rings. The van der Waals surface area contributed by atoms with Gasteiger partial charge in [0.25, 0.3) is 5.91 Å². The highest BCUT2D eigenvalue weighted by Gasteiger charge is 2.33. The van der Waals surface area contributed by atoms with Gasteiger partial charge in [0.15, 0.2) is 11.5 Å². The van der Waals surface area contributed by atoms with E-state index in [2.05, 4.69) is 23.2 Å². The Labute approximate surface area is 292 Å². The fraction of sp³-hybridized carbons (Fsp3) is 0.325. The van der Waals surface area contributed by atoms with Crippen LogP contribution in [0.1, 0.15) is 57.4 Å². The summed E-state index contributed by atoms with van der Waals surface area (Å²) >= 11 is 0. The number of anilines is 1. The van der Waals surface area contributed by atoms with Crippen LogP contribution in [0, 0.1) is 13.8 Å². The lowest BCUT2D eigenvalue weighted by Gasteiger charge is -2.34. The highest BCUT2D eigenvalue weighted by Crippen LogP contribution is 2.39. The second-order valence-electron chi connectivity index (χ2n) is 13.0. The first-order valence-electron chi connectivity index (χ1n) is 17.1. The van der Waals surface area contributed by atoms with Crippen LogP contribution >= 0.6 is 0 Å². The number of carbonyl (C=O) groups is 2. The van der Waals surface area contributed by atoms with Gasteiger partial charge in [-0.15, -0.1) is 0 Å². The van der Waals surface area contributed by atoms with E-state index in [1.54, 1.807) is 30.5 Å². The number of amides is 2. The molecule has 0 saturated heterocycles. The van der Waals surface area contributed by atoms with Gasteiger partial charge in [0.2, 0.25) is 6.41 Å². The van der Waals surface area contributed by atoms with Gasteiger partial charge >= 0.3 is 0 Å². The molecule has 0 N–H and O–H groups in total. The third-order valence-electron chi connectivity index (χ3n) is 9.69. The maximum atomic E-state index is 13.6. The Hall–Kier alpha value is -5.51. The number of unbranched alkanes of at least 4 members (excludes halogenated alkanes) is 2. The van der Waals surface area contributed by atoms with Crippen LogP contribution in [-0.2, 0) is 24.2 Å². The van der Waals surface area contributed by atoms with Gasteiger partial charge in [0, 0.05) is 49.9 Å². The second-order valence-corrected chi connectivity index (χ2v) is 13.0. The predicted octanol–water partition coefficient (Wildman–Crippen LogP) is 6.91. The number of fused-ring (bicyclic) bond motifs is 4. The van der Waals surface area contributed by atoms with Gasteiger partial charge in [0.05, 0.1) is 55.0 Å². The zero-order valence-electron chi connectivity index (χ0n) is 28.7. The van der Waals surface area contributed by atoms with Crippen molar-refractivity contribution in [1.82, 2.24) is 9.88 Å². The van der Waals surface area contributed by atoms with E-state index in [9.17, 15) is 9.59 Å². The van der Waals surface area contributed by atoms with Crippen LogP contribution in [0.15, 0.2) is 77.0 Å². The molecule has 3 aromatic carbocycles. The number of methoxy groups -OCH3 is 1. The lowest BCUT2D eigenvalue weighted by atomic mass is 9.94. The molecule has 2 atom stereocenters. The molecule has 0 radical (unpaired) electrons. The molecule has 0 saturated carbocycles. The molecular formula is C40H41N5O5. The predicted molar refractivity (Wildman–Crippen MR) is 194 cm³/mol. The topological polar surface area (TPSA) is 106 Å². The van der Waals surface area contributed by atoms with Crippen LogP contribution in [0.2, 0.25) is 0 Å². The highest BCUT2D eigenvalue weighted by atomic mass is 16.5. The van der Waals surface area contributed by atoms with Crippen molar-refractivity contribution in [2.75, 3.05) is 25.2 Å². The molecule has 10 nitrogen and oxygen atoms in total. The first-order chi connectivity index (χ1) is 24.4. The van der Waals surface area contributed by atoms with Crippen molar-refractivity contribution in [1.29, 1.82) is 0 Å². The van der Waals surface area contributed by atoms with E-state index in [1.165, 1.54) is 11.1 Å². The monoisotopic (exact) mass is 671 g/mol. The lowest BCUT2D eigenvalue weighted by Crippen LogP contribution is -2.44. The molecule has 2 unspecified atom stereocenters. The van der Waals surface area contributed by atoms with E-state index >= 15 is 0 Å². The van der Waals surface area contributed by atoms with Crippen molar-refractivity contribution in [3.8, 4) is 17.2 Å². The number of aliphatic imine (C=N–C) groups is 2. The summed E-state index contributed by atoms with van der Waals surface area (Å²) in [6.07, 6.45) is 12.1. The maximum Gasteiger partial charge on any atom is 0.257 e. The van der Waals surface area contributed by atoms with Gasteiger partial charge in [-0.3, -0.25) is 24.6 Å². The first kappa shape index (κ1) is 33.0. The van der Waals surface area contributed by atoms with Crippen molar-refractivity contribution in [2.45, 2.75) is 64.6 Å². The average molecular weight is 672 g/mol. The molecule has 256 valence electrons. The van der Waals surface area contributed by atoms with Crippen molar-refractivity contribution < 1.29 is 23.8 Å². The average Bonchev–Trinajstić information content (AvgIpc) is 3.44. The van der Waals surface area contributed by atoms with E-state index in [0.717, 1.165) is 65.9 Å². The third-order valence-corrected chi connectivity index (χ3v) is 9.69. The molecule has 50 heavy (non-hydrogen) atoms. The van der Waals surface area contributed by atoms with Crippen LogP contribution in [0.4, 0.5) is 17.1 Å². The number of hydrogen-bond donors (Lipinski definition) is 0. The fourth-order valence-corrected chi connectivity index (χ4v) is 6.94. The zero-order chi connectivity index (χ0) is 34.6. The Kier molecular flexibility index (Phi) is 9.60. The summed E-state index contributed by atoms with van der Waals surface area (Å²) in [4.78, 5) is 42.7. The summed E-state index contributed by atoms with van der Waals surface area (Å²) in [5.41, 5.74) is 8.39. The molecule has 4 heterocycles. The van der Waals surface area contributed by atoms with Crippen molar-refractivity contribution in [3.05, 3.63) is 100 Å². The van der Waals surface area contributed by atoms with Gasteiger partial charge in [-0.1, -0.05) is 30.3 Å². The normalized spacial score (nSPS) is 17.5. The SMILES string of the molecule is COc1cc2c(cc1OCCCCCOc1cc(N=CC3Cc4cnccc4N3C=O)c(C)cc1C)N=CC1Cc3ccccc3CN1C2=O. The molecule has 4 aromatic rings. The van der Waals surface area contributed by atoms with E-state index in [-0.39, 0.29) is 18.0 Å². The minimum absolute atomic E-state index is 0.0494. The van der Waals surface area contributed by atoms with E-state index in [1.807, 2.05) is 61.5 Å². The van der Waals surface area contributed by atoms with Crippen LogP contribution in [0.5, 0.6) is 17.2 Å². The number of rotatable bonds is 12. The molecule has 0 spiro atoms. The van der Waals surface area contributed by atoms with Gasteiger partial charge in [-0.25, -0.2) is 0 Å². The van der Waals surface area contributed by atoms with Gasteiger partial charge in [-0.05, 0) is 79.5 Å². The summed E-state index contributed by atoms with van der Waals surface area (Å²) in [6, 6.07) is 17.5. The molecule has 10 heteroatoms. The van der Waals surface area contributed by atoms with Crippen LogP contribution in [0.25, 0.3) is 0 Å². The van der Waals surface area contributed by atoms with Crippen molar-refractivity contribution in [2.24, 2.45) is 9.98 Å². The first-order valence-corrected chi connectivity index (χ1v) is 17.1. The number of ether oxygens (including phenoxy) is 3. The number of hydrogen-bond acceptors (Lipinski definition) is 8. The minimum atomic E-state index is -0.152. The number of carbonyl (C=O) groups excluding carboxylic acids is 2. The maximum absolute atomic E-state index is 13.6. The summed E-state index contributed by atoms with van der Waals surface area (Å²) in [6.45, 7) is 5.69. The van der Waals surface area contributed by atoms with E-state index in [0.29, 0.717) is 48.9 Å². The molecule has 0 fully saturated rings. The molecule has 2 amide bonds. The Morgan fingerprint density at radius 1 is 0.900 bits per heavy atom. The van der Waals surface area contributed by atoms with Gasteiger partial charge in [-0.2, -0.15) is 0 Å². The third kappa shape index (κ3) is 6.70. The zero-order valence-corrected chi connectivity index (χ0v) is 28.7. The Balaban J connectivity index is 0.912. The Bertz CT molecular complexity index is 1970. The molecule has 7 rings (SSSR count). The standard InChI is InChI=1S/C40H41N5O5/c1-26-15-27(2)37(19-34(26)42-23-32-17-30-21-41-12-11-36(30)45(32)25-46)49-13-7-4-8-14-50-39-20-35-33(18-38(39)48-3)40(47)44-24-29-10-6-5-9-28(29)16-31(44)22-43-35/h5-6,9-12,15,18-23,25,31-32H,4,7-8,13-14,16-17,24H2,1-3H3. The number of aryl methyl sites for hydroxylation is 2. The Morgan fingerprint density at radius 2 is 1.70 bits per heavy atom. The van der Waals surface area contributed by atoms with Crippen LogP contribution in [-0.4, -0.2) is 67.0 Å². The summed E-state index contributed by atoms with van der Waals surface area (Å²) in [5.74, 6) is 1.85. The summed E-state index contributed by atoms with van der Waals surface area (Å²) in [7, 11) is 1.59. The second kappa shape index (κ2) is 14.5. The summed E-state index contributed by atoms with van der Waals surface area (Å²) in [5, 5.41) is 0. The van der Waals surface area contributed by atoms with E-state index < -0.39 is 0 Å². The molecular weight excluding hydrogens is 630 g/mol. The molecule has 0 aliphatic carbocycles. The number of aromatic nitrogens is 1. The molecule has 0 bridgehead atoms. The van der Waals surface area contributed by atoms with Crippen molar-refractivity contribution >= 4 is 41.8 Å². The lowest BCUT2D eigenvalue weighted by molar-refractivity contribution is -0.107. The van der Waals surface area contributed by atoms with Crippen LogP contribution < -0.4 is 19.1 Å². The number of pyridine rings is 1.